The van der Waals surface area contributed by atoms with Gasteiger partial charge in [-0.05, 0) is 31.1 Å². The number of piperidine rings is 1. The van der Waals surface area contributed by atoms with Crippen LogP contribution in [0.15, 0.2) is 0 Å². The van der Waals surface area contributed by atoms with E-state index in [0.29, 0.717) is 32.0 Å². The first-order valence-electron chi connectivity index (χ1n) is 7.58. The summed E-state index contributed by atoms with van der Waals surface area (Å²) >= 11 is 0. The second-order valence-corrected chi connectivity index (χ2v) is 6.86. The van der Waals surface area contributed by atoms with Crippen molar-refractivity contribution in [1.29, 1.82) is 0 Å². The molecule has 0 aromatic rings. The van der Waals surface area contributed by atoms with E-state index in [0.717, 1.165) is 25.7 Å². The predicted octanol–water partition coefficient (Wildman–Crippen LogP) is 1.45. The summed E-state index contributed by atoms with van der Waals surface area (Å²) < 4.78 is 5.78. The molecule has 2 N–H and O–H groups in total. The van der Waals surface area contributed by atoms with Crippen molar-refractivity contribution >= 4 is 11.8 Å². The monoisotopic (exact) mass is 282 g/mol. The zero-order chi connectivity index (χ0) is 14.8. The highest BCUT2D eigenvalue weighted by Crippen LogP contribution is 2.31. The van der Waals surface area contributed by atoms with Gasteiger partial charge >= 0.3 is 0 Å². The van der Waals surface area contributed by atoms with E-state index >= 15 is 0 Å². The van der Waals surface area contributed by atoms with E-state index in [9.17, 15) is 9.59 Å². The third kappa shape index (κ3) is 4.03. The number of amides is 2. The van der Waals surface area contributed by atoms with Crippen LogP contribution in [0.4, 0.5) is 0 Å². The van der Waals surface area contributed by atoms with E-state index in [1.807, 2.05) is 13.8 Å². The van der Waals surface area contributed by atoms with Crippen LogP contribution in [0.3, 0.4) is 0 Å². The molecule has 0 aromatic heterocycles. The average molecular weight is 282 g/mol. The molecule has 0 aromatic carbocycles. The molecular weight excluding hydrogens is 256 g/mol. The largest absolute Gasteiger partial charge is 0.376 e. The van der Waals surface area contributed by atoms with Crippen LogP contribution in [0, 0.1) is 5.41 Å². The van der Waals surface area contributed by atoms with Crippen molar-refractivity contribution < 1.29 is 14.3 Å². The Labute approximate surface area is 120 Å². The number of imide groups is 1. The Morgan fingerprint density at radius 1 is 1.15 bits per heavy atom. The normalized spacial score (nSPS) is 30.6. The van der Waals surface area contributed by atoms with Crippen LogP contribution in [-0.2, 0) is 14.3 Å². The Balaban J connectivity index is 1.74. The van der Waals surface area contributed by atoms with Crippen LogP contribution in [0.1, 0.15) is 52.4 Å². The number of hydrogen-bond acceptors (Lipinski definition) is 4. The number of carbonyl (C=O) groups excluding carboxylic acids is 2. The van der Waals surface area contributed by atoms with Crippen molar-refractivity contribution in [2.75, 3.05) is 13.2 Å². The third-order valence-electron chi connectivity index (χ3n) is 4.25. The number of nitrogens with two attached hydrogens (primary N) is 1. The Morgan fingerprint density at radius 3 is 2.25 bits per heavy atom. The predicted molar refractivity (Wildman–Crippen MR) is 75.9 cm³/mol. The topological polar surface area (TPSA) is 72.6 Å². The van der Waals surface area contributed by atoms with Gasteiger partial charge in [-0.3, -0.25) is 14.5 Å². The highest BCUT2D eigenvalue weighted by Gasteiger charge is 2.37. The fraction of sp³-hybridized carbons (Fsp3) is 0.867. The van der Waals surface area contributed by atoms with E-state index < -0.39 is 0 Å². The van der Waals surface area contributed by atoms with Crippen LogP contribution < -0.4 is 5.73 Å². The first-order valence-corrected chi connectivity index (χ1v) is 7.58. The lowest BCUT2D eigenvalue weighted by Crippen LogP contribution is -2.47. The van der Waals surface area contributed by atoms with E-state index in [-0.39, 0.29) is 23.3 Å². The lowest BCUT2D eigenvalue weighted by molar-refractivity contribution is -0.153. The zero-order valence-corrected chi connectivity index (χ0v) is 12.6. The van der Waals surface area contributed by atoms with Gasteiger partial charge in [0.1, 0.15) is 0 Å². The molecule has 1 saturated heterocycles. The highest BCUT2D eigenvalue weighted by molar-refractivity contribution is 5.98. The van der Waals surface area contributed by atoms with E-state index in [1.54, 1.807) is 0 Å². The van der Waals surface area contributed by atoms with E-state index in [4.69, 9.17) is 10.5 Å². The second kappa shape index (κ2) is 6.22. The summed E-state index contributed by atoms with van der Waals surface area (Å²) in [6.45, 7) is 4.75. The van der Waals surface area contributed by atoms with Gasteiger partial charge in [-0.25, -0.2) is 0 Å². The molecule has 20 heavy (non-hydrogen) atoms. The van der Waals surface area contributed by atoms with Crippen molar-refractivity contribution in [1.82, 2.24) is 4.90 Å². The minimum Gasteiger partial charge on any atom is -0.376 e. The molecule has 0 unspecified atom stereocenters. The minimum atomic E-state index is -0.203. The molecule has 1 saturated carbocycles. The highest BCUT2D eigenvalue weighted by atomic mass is 16.5. The molecule has 0 spiro atoms. The first kappa shape index (κ1) is 15.4. The molecule has 1 aliphatic carbocycles. The summed E-state index contributed by atoms with van der Waals surface area (Å²) in [7, 11) is 0. The van der Waals surface area contributed by atoms with E-state index in [1.165, 1.54) is 4.90 Å². The number of likely N-dealkylation sites (tertiary alicyclic amines) is 1. The van der Waals surface area contributed by atoms with Crippen LogP contribution >= 0.6 is 0 Å². The molecule has 0 radical (unpaired) electrons. The Morgan fingerprint density at radius 2 is 1.70 bits per heavy atom. The van der Waals surface area contributed by atoms with Crippen LogP contribution in [0.2, 0.25) is 0 Å². The molecule has 5 heteroatoms. The molecule has 2 aliphatic rings. The van der Waals surface area contributed by atoms with Crippen LogP contribution in [0.25, 0.3) is 0 Å². The minimum absolute atomic E-state index is 0.0690. The molecule has 114 valence electrons. The summed E-state index contributed by atoms with van der Waals surface area (Å²) in [6.07, 6.45) is 5.09. The second-order valence-electron chi connectivity index (χ2n) is 6.86. The van der Waals surface area contributed by atoms with Crippen molar-refractivity contribution in [3.8, 4) is 0 Å². The van der Waals surface area contributed by atoms with Crippen LogP contribution in [0.5, 0.6) is 0 Å². The molecular formula is C15H26N2O3. The molecule has 5 nitrogen and oxygen atoms in total. The van der Waals surface area contributed by atoms with E-state index in [2.05, 4.69) is 0 Å². The molecule has 2 amide bonds. The summed E-state index contributed by atoms with van der Waals surface area (Å²) in [5, 5.41) is 0. The maximum Gasteiger partial charge on any atom is 0.229 e. The number of rotatable bonds is 4. The first-order chi connectivity index (χ1) is 9.37. The van der Waals surface area contributed by atoms with Gasteiger partial charge < -0.3 is 10.5 Å². The van der Waals surface area contributed by atoms with Crippen molar-refractivity contribution in [2.45, 2.75) is 64.5 Å². The van der Waals surface area contributed by atoms with Gasteiger partial charge in [0.05, 0.1) is 19.3 Å². The van der Waals surface area contributed by atoms with Gasteiger partial charge in [-0.1, -0.05) is 13.8 Å². The van der Waals surface area contributed by atoms with Gasteiger partial charge in [-0.2, -0.15) is 0 Å². The van der Waals surface area contributed by atoms with Crippen molar-refractivity contribution in [2.24, 2.45) is 11.1 Å². The van der Waals surface area contributed by atoms with Crippen molar-refractivity contribution in [3.63, 3.8) is 0 Å². The quantitative estimate of drug-likeness (QED) is 0.792. The molecule has 2 rings (SSSR count). The molecule has 0 atom stereocenters. The van der Waals surface area contributed by atoms with Crippen molar-refractivity contribution in [3.05, 3.63) is 0 Å². The maximum absolute atomic E-state index is 12.0. The number of carbonyl (C=O) groups is 2. The fourth-order valence-electron chi connectivity index (χ4n) is 3.03. The lowest BCUT2D eigenvalue weighted by Gasteiger charge is -2.35. The average Bonchev–Trinajstić information content (AvgIpc) is 2.33. The molecule has 1 heterocycles. The summed E-state index contributed by atoms with van der Waals surface area (Å²) in [5.41, 5.74) is 5.65. The van der Waals surface area contributed by atoms with Gasteiger partial charge in [0.15, 0.2) is 0 Å². The molecule has 2 fully saturated rings. The van der Waals surface area contributed by atoms with Gasteiger partial charge in [0.2, 0.25) is 11.8 Å². The molecule has 0 bridgehead atoms. The lowest BCUT2D eigenvalue weighted by atomic mass is 9.82. The Hall–Kier alpha value is -0.940. The summed E-state index contributed by atoms with van der Waals surface area (Å²) in [5.74, 6) is -0.138. The zero-order valence-electron chi connectivity index (χ0n) is 12.6. The van der Waals surface area contributed by atoms with Crippen LogP contribution in [-0.4, -0.2) is 42.0 Å². The smallest absolute Gasteiger partial charge is 0.229 e. The van der Waals surface area contributed by atoms with Gasteiger partial charge in [0, 0.05) is 18.9 Å². The maximum atomic E-state index is 12.0. The van der Waals surface area contributed by atoms with Gasteiger partial charge in [0.25, 0.3) is 0 Å². The molecule has 1 aliphatic heterocycles. The fourth-order valence-corrected chi connectivity index (χ4v) is 3.03. The summed E-state index contributed by atoms with van der Waals surface area (Å²) in [4.78, 5) is 25.3. The SMILES string of the molecule is CC1(C)CC(=O)N(CCOC2CCC(N)CC2)C(=O)C1. The Bertz CT molecular complexity index is 353. The standard InChI is InChI=1S/C15H26N2O3/c1-15(2)9-13(18)17(14(19)10-15)7-8-20-12-5-3-11(16)4-6-12/h11-12H,3-10,16H2,1-2H3. The van der Waals surface area contributed by atoms with Gasteiger partial charge in [-0.15, -0.1) is 0 Å². The number of hydrogen-bond donors (Lipinski definition) is 1. The number of ether oxygens (including phenoxy) is 1. The third-order valence-corrected chi connectivity index (χ3v) is 4.25. The summed E-state index contributed by atoms with van der Waals surface area (Å²) in [6, 6.07) is 0.308. The Kier molecular flexibility index (Phi) is 4.81. The number of nitrogens with zero attached hydrogens (tertiary/aromatic N) is 1.